The zero-order valence-electron chi connectivity index (χ0n) is 23.8. The van der Waals surface area contributed by atoms with Crippen molar-refractivity contribution in [1.82, 2.24) is 20.3 Å². The lowest BCUT2D eigenvalue weighted by atomic mass is 9.91. The van der Waals surface area contributed by atoms with Crippen molar-refractivity contribution in [3.63, 3.8) is 0 Å². The quantitative estimate of drug-likeness (QED) is 0.135. The maximum Gasteiger partial charge on any atom is 0.226 e. The third-order valence-electron chi connectivity index (χ3n) is 7.85. The smallest absolute Gasteiger partial charge is 0.226 e. The lowest BCUT2D eigenvalue weighted by Crippen LogP contribution is -2.61. The Morgan fingerprint density at radius 3 is 2.71 bits per heavy atom. The molecule has 1 saturated heterocycles. The molecule has 2 aliphatic rings. The van der Waals surface area contributed by atoms with Crippen LogP contribution in [0, 0.1) is 5.92 Å². The summed E-state index contributed by atoms with van der Waals surface area (Å²) < 4.78 is 11.8. The van der Waals surface area contributed by atoms with E-state index in [1.165, 1.54) is 22.9 Å². The van der Waals surface area contributed by atoms with Gasteiger partial charge in [0.2, 0.25) is 5.91 Å². The number of carbonyl (C=O) groups is 1. The SMILES string of the molecule is CCNC(N)C(C(N)=O)C(NCN[C@H]1CCCC[C@H]1N)Nc1cc(-c2csc3c(=O)cc(N4CCOCC4)sc23)sn1. The van der Waals surface area contributed by atoms with E-state index in [-0.39, 0.29) is 17.5 Å². The van der Waals surface area contributed by atoms with Gasteiger partial charge in [-0.2, -0.15) is 4.37 Å². The van der Waals surface area contributed by atoms with Crippen LogP contribution in [0.15, 0.2) is 22.3 Å². The van der Waals surface area contributed by atoms with E-state index in [0.717, 1.165) is 63.6 Å². The van der Waals surface area contributed by atoms with Gasteiger partial charge in [-0.3, -0.25) is 14.9 Å². The summed E-state index contributed by atoms with van der Waals surface area (Å²) in [5.41, 5.74) is 19.5. The predicted molar refractivity (Wildman–Crippen MR) is 173 cm³/mol. The van der Waals surface area contributed by atoms with Crippen LogP contribution in [-0.2, 0) is 9.53 Å². The van der Waals surface area contributed by atoms with E-state index in [0.29, 0.717) is 32.2 Å². The van der Waals surface area contributed by atoms with E-state index < -0.39 is 24.2 Å². The zero-order valence-corrected chi connectivity index (χ0v) is 26.2. The maximum absolute atomic E-state index is 13.0. The van der Waals surface area contributed by atoms with E-state index in [1.807, 2.05) is 18.4 Å². The number of nitrogens with two attached hydrogens (primary N) is 3. The first-order valence-corrected chi connectivity index (χ1v) is 16.9. The van der Waals surface area contributed by atoms with Crippen molar-refractivity contribution in [2.45, 2.75) is 57.0 Å². The Labute approximate surface area is 257 Å². The van der Waals surface area contributed by atoms with Crippen molar-refractivity contribution in [1.29, 1.82) is 0 Å². The van der Waals surface area contributed by atoms with Crippen molar-refractivity contribution in [3.8, 4) is 10.4 Å². The molecule has 1 aliphatic carbocycles. The third-order valence-corrected chi connectivity index (χ3v) is 11.0. The molecule has 0 spiro atoms. The van der Waals surface area contributed by atoms with Gasteiger partial charge in [-0.15, -0.1) is 22.7 Å². The van der Waals surface area contributed by atoms with Gasteiger partial charge in [-0.1, -0.05) is 19.8 Å². The number of thiophene rings is 1. The Hall–Kier alpha value is -2.21. The molecule has 12 nitrogen and oxygen atoms in total. The molecular formula is C27H41N9O3S3. The van der Waals surface area contributed by atoms with Crippen LogP contribution in [0.1, 0.15) is 32.6 Å². The number of carbonyl (C=O) groups excluding carboxylic acids is 1. The highest BCUT2D eigenvalue weighted by Crippen LogP contribution is 2.40. The van der Waals surface area contributed by atoms with Gasteiger partial charge in [-0.05, 0) is 30.9 Å². The lowest BCUT2D eigenvalue weighted by molar-refractivity contribution is -0.123. The Bertz CT molecular complexity index is 1390. The van der Waals surface area contributed by atoms with Crippen LogP contribution in [0.25, 0.3) is 19.8 Å². The minimum Gasteiger partial charge on any atom is -0.378 e. The zero-order chi connectivity index (χ0) is 29.6. The van der Waals surface area contributed by atoms with E-state index in [2.05, 4.69) is 30.5 Å². The summed E-state index contributed by atoms with van der Waals surface area (Å²) in [5.74, 6) is -0.699. The van der Waals surface area contributed by atoms with Crippen LogP contribution in [0.4, 0.5) is 10.8 Å². The molecule has 5 rings (SSSR count). The van der Waals surface area contributed by atoms with Gasteiger partial charge in [0.05, 0.1) is 50.7 Å². The molecule has 3 aromatic rings. The molecule has 10 N–H and O–H groups in total. The molecular weight excluding hydrogens is 595 g/mol. The van der Waals surface area contributed by atoms with Crippen LogP contribution in [0.3, 0.4) is 0 Å². The number of primary amides is 1. The molecule has 1 saturated carbocycles. The Morgan fingerprint density at radius 1 is 1.19 bits per heavy atom. The molecule has 0 bridgehead atoms. The molecule has 15 heteroatoms. The molecule has 3 aromatic heterocycles. The Morgan fingerprint density at radius 2 is 1.98 bits per heavy atom. The summed E-state index contributed by atoms with van der Waals surface area (Å²) in [7, 11) is 0. The van der Waals surface area contributed by atoms with Gasteiger partial charge in [0.1, 0.15) is 5.82 Å². The number of nitrogens with one attached hydrogen (secondary N) is 4. The Balaban J connectivity index is 1.37. The lowest BCUT2D eigenvalue weighted by Gasteiger charge is -2.33. The minimum absolute atomic E-state index is 0.0283. The average Bonchev–Trinajstić information content (AvgIpc) is 3.62. The van der Waals surface area contributed by atoms with Gasteiger partial charge < -0.3 is 42.8 Å². The number of nitrogens with zero attached hydrogens (tertiary/aromatic N) is 2. The summed E-state index contributed by atoms with van der Waals surface area (Å²) in [6, 6.07) is 3.98. The number of hydrogen-bond acceptors (Lipinski definition) is 14. The average molecular weight is 636 g/mol. The molecule has 5 atom stereocenters. The standard InChI is InChI=1S/C27H41N9O3S3/c1-2-31-25(29)22(26(30)38)27(33-14-32-17-6-4-3-5-16(17)28)34-20-12-19(42-35-20)15-13-40-24-18(37)11-21(41-23(15)24)36-7-9-39-10-8-36/h11-13,16-17,22,25,27,31-33H,2-10,14,28-29H2,1H3,(H2,30,38)(H,34,35)/t16-,17+,22?,25?,27?/m1/s1. The molecule has 0 radical (unpaired) electrons. The summed E-state index contributed by atoms with van der Waals surface area (Å²) in [4.78, 5) is 28.7. The second-order valence-electron chi connectivity index (χ2n) is 10.7. The highest BCUT2D eigenvalue weighted by atomic mass is 32.1. The number of fused-ring (bicyclic) bond motifs is 1. The maximum atomic E-state index is 13.0. The van der Waals surface area contributed by atoms with Crippen molar-refractivity contribution < 1.29 is 9.53 Å². The van der Waals surface area contributed by atoms with E-state index >= 15 is 0 Å². The Kier molecular flexibility index (Phi) is 10.8. The first kappa shape index (κ1) is 31.2. The summed E-state index contributed by atoms with van der Waals surface area (Å²) >= 11 is 4.42. The fourth-order valence-electron chi connectivity index (χ4n) is 5.56. The van der Waals surface area contributed by atoms with Crippen LogP contribution in [0.2, 0.25) is 0 Å². The molecule has 0 aromatic carbocycles. The van der Waals surface area contributed by atoms with Crippen molar-refractivity contribution in [2.75, 3.05) is 49.7 Å². The van der Waals surface area contributed by atoms with Gasteiger partial charge in [0, 0.05) is 54.9 Å². The normalized spacial score (nSPS) is 21.7. The van der Waals surface area contributed by atoms with Gasteiger partial charge in [0.25, 0.3) is 0 Å². The number of morpholine rings is 1. The highest BCUT2D eigenvalue weighted by molar-refractivity contribution is 7.29. The van der Waals surface area contributed by atoms with E-state index in [1.54, 1.807) is 17.4 Å². The van der Waals surface area contributed by atoms with Gasteiger partial charge in [0.15, 0.2) is 5.43 Å². The summed E-state index contributed by atoms with van der Waals surface area (Å²) in [5, 5.41) is 16.4. The number of aromatic nitrogens is 1. The van der Waals surface area contributed by atoms with Crippen molar-refractivity contribution >= 4 is 60.3 Å². The second kappa shape index (κ2) is 14.5. The fourth-order valence-corrected chi connectivity index (χ4v) is 8.80. The molecule has 1 amide bonds. The number of ether oxygens (including phenoxy) is 1. The first-order chi connectivity index (χ1) is 20.4. The monoisotopic (exact) mass is 635 g/mol. The topological polar surface area (TPSA) is 186 Å². The number of hydrogen-bond donors (Lipinski definition) is 7. The summed E-state index contributed by atoms with van der Waals surface area (Å²) in [6.45, 7) is 5.78. The van der Waals surface area contributed by atoms with E-state index in [9.17, 15) is 9.59 Å². The molecule has 4 heterocycles. The number of anilines is 2. The second-order valence-corrected chi connectivity index (χ2v) is 13.4. The van der Waals surface area contributed by atoms with Crippen molar-refractivity contribution in [2.24, 2.45) is 23.1 Å². The minimum atomic E-state index is -0.764. The molecule has 3 unspecified atom stereocenters. The predicted octanol–water partition coefficient (Wildman–Crippen LogP) is 1.42. The molecule has 42 heavy (non-hydrogen) atoms. The van der Waals surface area contributed by atoms with Crippen LogP contribution in [0.5, 0.6) is 0 Å². The van der Waals surface area contributed by atoms with Gasteiger partial charge in [-0.25, -0.2) is 0 Å². The summed E-state index contributed by atoms with van der Waals surface area (Å²) in [6.07, 6.45) is 3.04. The fraction of sp³-hybridized carbons (Fsp3) is 0.593. The van der Waals surface area contributed by atoms with Crippen LogP contribution in [-0.4, -0.2) is 74.2 Å². The number of amides is 1. The number of rotatable bonds is 13. The van der Waals surface area contributed by atoms with Gasteiger partial charge >= 0.3 is 0 Å². The highest BCUT2D eigenvalue weighted by Gasteiger charge is 2.33. The van der Waals surface area contributed by atoms with Crippen LogP contribution >= 0.6 is 34.2 Å². The molecule has 230 valence electrons. The van der Waals surface area contributed by atoms with Crippen molar-refractivity contribution in [3.05, 3.63) is 27.7 Å². The van der Waals surface area contributed by atoms with E-state index in [4.69, 9.17) is 21.9 Å². The largest absolute Gasteiger partial charge is 0.378 e. The first-order valence-electron chi connectivity index (χ1n) is 14.5. The third kappa shape index (κ3) is 7.29. The molecule has 1 aliphatic heterocycles. The molecule has 2 fully saturated rings. The van der Waals surface area contributed by atoms with Crippen LogP contribution < -0.4 is 48.8 Å².